The number of ether oxygens (including phenoxy) is 1. The third-order valence-electron chi connectivity index (χ3n) is 3.75. The summed E-state index contributed by atoms with van der Waals surface area (Å²) in [6.45, 7) is 9.09. The summed E-state index contributed by atoms with van der Waals surface area (Å²) in [5.74, 6) is 1.45. The highest BCUT2D eigenvalue weighted by Crippen LogP contribution is 2.27. The zero-order valence-electron chi connectivity index (χ0n) is 13.4. The lowest BCUT2D eigenvalue weighted by Crippen LogP contribution is -2.05. The summed E-state index contributed by atoms with van der Waals surface area (Å²) in [5.41, 5.74) is 4.60. The van der Waals surface area contributed by atoms with Crippen molar-refractivity contribution < 1.29 is 4.74 Å². The molecule has 21 heavy (non-hydrogen) atoms. The summed E-state index contributed by atoms with van der Waals surface area (Å²) in [5, 5.41) is 4.50. The van der Waals surface area contributed by atoms with Gasteiger partial charge < -0.3 is 4.74 Å². The van der Waals surface area contributed by atoms with Gasteiger partial charge in [0.1, 0.15) is 12.4 Å². The summed E-state index contributed by atoms with van der Waals surface area (Å²) in [4.78, 5) is 0. The molecule has 0 bridgehead atoms. The van der Waals surface area contributed by atoms with Gasteiger partial charge in [-0.15, -0.1) is 0 Å². The first-order chi connectivity index (χ1) is 9.93. The molecule has 0 N–H and O–H groups in total. The molecule has 1 aromatic heterocycles. The second-order valence-corrected chi connectivity index (χ2v) is 6.45. The van der Waals surface area contributed by atoms with Crippen molar-refractivity contribution in [2.45, 2.75) is 46.6 Å². The third kappa shape index (κ3) is 3.49. The van der Waals surface area contributed by atoms with Gasteiger partial charge in [0, 0.05) is 7.05 Å². The van der Waals surface area contributed by atoms with E-state index < -0.39 is 0 Å². The van der Waals surface area contributed by atoms with Gasteiger partial charge in [-0.25, -0.2) is 0 Å². The average Bonchev–Trinajstić information content (AvgIpc) is 2.72. The fourth-order valence-electron chi connectivity index (χ4n) is 2.25. The van der Waals surface area contributed by atoms with Crippen LogP contribution in [-0.4, -0.2) is 9.78 Å². The molecular formula is C17H23BrN2O. The van der Waals surface area contributed by atoms with Gasteiger partial charge in [0.2, 0.25) is 0 Å². The highest BCUT2D eigenvalue weighted by atomic mass is 79.9. The van der Waals surface area contributed by atoms with E-state index in [2.05, 4.69) is 66.9 Å². The molecule has 0 spiro atoms. The van der Waals surface area contributed by atoms with Gasteiger partial charge in [0.25, 0.3) is 0 Å². The van der Waals surface area contributed by atoms with Crippen LogP contribution in [0.5, 0.6) is 5.75 Å². The molecule has 2 rings (SSSR count). The van der Waals surface area contributed by atoms with Crippen LogP contribution in [0.4, 0.5) is 0 Å². The first-order valence-electron chi connectivity index (χ1n) is 7.37. The summed E-state index contributed by atoms with van der Waals surface area (Å²) in [6.07, 6.45) is 0.913. The van der Waals surface area contributed by atoms with E-state index in [1.807, 2.05) is 11.7 Å². The van der Waals surface area contributed by atoms with Crippen LogP contribution in [0.15, 0.2) is 22.7 Å². The van der Waals surface area contributed by atoms with Crippen LogP contribution >= 0.6 is 15.9 Å². The highest BCUT2D eigenvalue weighted by molar-refractivity contribution is 9.10. The van der Waals surface area contributed by atoms with Crippen molar-refractivity contribution in [3.8, 4) is 5.75 Å². The van der Waals surface area contributed by atoms with Gasteiger partial charge in [-0.1, -0.05) is 32.9 Å². The topological polar surface area (TPSA) is 27.1 Å². The molecule has 3 nitrogen and oxygen atoms in total. The minimum Gasteiger partial charge on any atom is -0.487 e. The zero-order chi connectivity index (χ0) is 15.6. The van der Waals surface area contributed by atoms with Crippen LogP contribution in [0.25, 0.3) is 0 Å². The maximum Gasteiger partial charge on any atom is 0.131 e. The summed E-state index contributed by atoms with van der Waals surface area (Å²) in [6, 6.07) is 6.44. The van der Waals surface area contributed by atoms with Crippen LogP contribution in [-0.2, 0) is 20.1 Å². The number of aryl methyl sites for hydroxylation is 3. The number of hydrogen-bond donors (Lipinski definition) is 0. The summed E-state index contributed by atoms with van der Waals surface area (Å²) in [7, 11) is 1.96. The van der Waals surface area contributed by atoms with Crippen molar-refractivity contribution >= 4 is 15.9 Å². The van der Waals surface area contributed by atoms with Gasteiger partial charge in [0.15, 0.2) is 0 Å². The largest absolute Gasteiger partial charge is 0.487 e. The van der Waals surface area contributed by atoms with E-state index in [1.165, 1.54) is 5.56 Å². The van der Waals surface area contributed by atoms with Crippen LogP contribution in [0.2, 0.25) is 0 Å². The quantitative estimate of drug-likeness (QED) is 0.777. The molecule has 114 valence electrons. The Labute approximate surface area is 135 Å². The van der Waals surface area contributed by atoms with Crippen molar-refractivity contribution in [1.29, 1.82) is 0 Å². The lowest BCUT2D eigenvalue weighted by atomic mass is 10.0. The molecule has 1 heterocycles. The monoisotopic (exact) mass is 350 g/mol. The molecule has 0 aliphatic heterocycles. The molecule has 0 saturated heterocycles. The van der Waals surface area contributed by atoms with E-state index >= 15 is 0 Å². The molecule has 0 aliphatic carbocycles. The van der Waals surface area contributed by atoms with Crippen LogP contribution < -0.4 is 4.74 Å². The molecule has 0 saturated carbocycles. The first-order valence-corrected chi connectivity index (χ1v) is 8.16. The Morgan fingerprint density at radius 2 is 2.05 bits per heavy atom. The number of rotatable bonds is 5. The minimum absolute atomic E-state index is 0.503. The van der Waals surface area contributed by atoms with Crippen LogP contribution in [0.3, 0.4) is 0 Å². The number of aromatic nitrogens is 2. The predicted octanol–water partition coefficient (Wildman–Crippen LogP) is 4.76. The minimum atomic E-state index is 0.503. The van der Waals surface area contributed by atoms with Gasteiger partial charge >= 0.3 is 0 Å². The Hall–Kier alpha value is -1.29. The number of benzene rings is 1. The first kappa shape index (κ1) is 16.1. The molecule has 4 heteroatoms. The molecule has 0 unspecified atom stereocenters. The third-order valence-corrected chi connectivity index (χ3v) is 4.66. The van der Waals surface area contributed by atoms with Crippen molar-refractivity contribution in [2.75, 3.05) is 0 Å². The van der Waals surface area contributed by atoms with Gasteiger partial charge in [-0.05, 0) is 52.4 Å². The van der Waals surface area contributed by atoms with Crippen LogP contribution in [0.1, 0.15) is 49.2 Å². The van der Waals surface area contributed by atoms with Crippen molar-refractivity contribution in [3.05, 3.63) is 45.2 Å². The van der Waals surface area contributed by atoms with Crippen molar-refractivity contribution in [1.82, 2.24) is 9.78 Å². The molecule has 0 atom stereocenters. The second kappa shape index (κ2) is 6.65. The molecule has 2 aromatic rings. The number of nitrogens with zero attached hydrogens (tertiary/aromatic N) is 2. The second-order valence-electron chi connectivity index (χ2n) is 5.65. The molecule has 0 fully saturated rings. The Morgan fingerprint density at radius 3 is 2.62 bits per heavy atom. The Bertz CT molecular complexity index is 632. The highest BCUT2D eigenvalue weighted by Gasteiger charge is 2.13. The standard InChI is InChI=1S/C17H23BrN2O/c1-6-14-17(18)15(20(5)19-14)10-21-16-9-13(11(2)3)8-7-12(16)4/h7-9,11H,6,10H2,1-5H3. The number of hydrogen-bond acceptors (Lipinski definition) is 2. The Kier molecular flexibility index (Phi) is 5.09. The van der Waals surface area contributed by atoms with E-state index in [1.54, 1.807) is 0 Å². The normalized spacial score (nSPS) is 11.2. The fourth-order valence-corrected chi connectivity index (χ4v) is 2.98. The van der Waals surface area contributed by atoms with E-state index in [9.17, 15) is 0 Å². The lowest BCUT2D eigenvalue weighted by Gasteiger charge is -2.13. The Morgan fingerprint density at radius 1 is 1.33 bits per heavy atom. The zero-order valence-corrected chi connectivity index (χ0v) is 15.0. The smallest absolute Gasteiger partial charge is 0.131 e. The number of halogens is 1. The summed E-state index contributed by atoms with van der Waals surface area (Å²) >= 11 is 3.63. The summed E-state index contributed by atoms with van der Waals surface area (Å²) < 4.78 is 9.00. The van der Waals surface area contributed by atoms with E-state index in [0.717, 1.165) is 33.6 Å². The van der Waals surface area contributed by atoms with E-state index in [4.69, 9.17) is 4.74 Å². The molecule has 0 aliphatic rings. The van der Waals surface area contributed by atoms with Gasteiger partial charge in [-0.2, -0.15) is 5.10 Å². The Balaban J connectivity index is 2.20. The van der Waals surface area contributed by atoms with Crippen molar-refractivity contribution in [3.63, 3.8) is 0 Å². The SMILES string of the molecule is CCc1nn(C)c(COc2cc(C(C)C)ccc2C)c1Br. The van der Waals surface area contributed by atoms with E-state index in [0.29, 0.717) is 12.5 Å². The lowest BCUT2D eigenvalue weighted by molar-refractivity contribution is 0.291. The maximum atomic E-state index is 6.04. The molecular weight excluding hydrogens is 328 g/mol. The van der Waals surface area contributed by atoms with E-state index in [-0.39, 0.29) is 0 Å². The van der Waals surface area contributed by atoms with Gasteiger partial charge in [0.05, 0.1) is 15.9 Å². The molecule has 0 amide bonds. The van der Waals surface area contributed by atoms with Gasteiger partial charge in [-0.3, -0.25) is 4.68 Å². The molecule has 1 aromatic carbocycles. The maximum absolute atomic E-state index is 6.04. The molecule has 0 radical (unpaired) electrons. The predicted molar refractivity (Wildman–Crippen MR) is 89.9 cm³/mol. The van der Waals surface area contributed by atoms with Crippen molar-refractivity contribution in [2.24, 2.45) is 7.05 Å². The average molecular weight is 351 g/mol. The fraction of sp³-hybridized carbons (Fsp3) is 0.471. The van der Waals surface area contributed by atoms with Crippen LogP contribution in [0, 0.1) is 6.92 Å².